The topological polar surface area (TPSA) is 156 Å². The summed E-state index contributed by atoms with van der Waals surface area (Å²) in [6, 6.07) is 2.09. The van der Waals surface area contributed by atoms with Crippen molar-refractivity contribution in [3.05, 3.63) is 33.4 Å². The third-order valence-corrected chi connectivity index (χ3v) is 17.0. The molecule has 19 heteroatoms. The van der Waals surface area contributed by atoms with Crippen molar-refractivity contribution in [1.29, 1.82) is 0 Å². The second-order valence-corrected chi connectivity index (χ2v) is 17.5. The molecule has 0 spiro atoms. The van der Waals surface area contributed by atoms with E-state index in [2.05, 4.69) is 8.09 Å². The van der Waals surface area contributed by atoms with Gasteiger partial charge in [0.05, 0.1) is 0 Å². The van der Waals surface area contributed by atoms with E-state index in [1.165, 1.54) is 0 Å². The maximum atomic E-state index is 13.1. The van der Waals surface area contributed by atoms with Gasteiger partial charge in [0, 0.05) is 0 Å². The average Bonchev–Trinajstić information content (AvgIpc) is 2.61. The van der Waals surface area contributed by atoms with Gasteiger partial charge in [0.15, 0.2) is 0 Å². The van der Waals surface area contributed by atoms with Crippen LogP contribution in [0.4, 0.5) is 26.3 Å². The number of hydrogen-bond acceptors (Lipinski definition) is 10. The molecule has 28 heavy (non-hydrogen) atoms. The molecule has 0 aromatic heterocycles. The number of carbonyl (C=O) groups is 1. The van der Waals surface area contributed by atoms with Crippen molar-refractivity contribution < 1.29 is 80.7 Å². The van der Waals surface area contributed by atoms with E-state index in [9.17, 15) is 54.8 Å². The van der Waals surface area contributed by atoms with Crippen LogP contribution in [-0.4, -0.2) is 37.3 Å². The van der Waals surface area contributed by atoms with Crippen LogP contribution in [0.3, 0.4) is 0 Å². The van der Waals surface area contributed by atoms with E-state index in [0.717, 1.165) is 6.07 Å². The molecule has 0 unspecified atom stereocenters. The van der Waals surface area contributed by atoms with Crippen LogP contribution in [0, 0.1) is 3.57 Å². The Balaban J connectivity index is 2.96. The Morgan fingerprint density at radius 2 is 1.32 bits per heavy atom. The molecule has 1 aliphatic heterocycles. The van der Waals surface area contributed by atoms with E-state index in [4.69, 9.17) is 0 Å². The Labute approximate surface area is 151 Å². The molecule has 0 radical (unpaired) electrons. The third kappa shape index (κ3) is 3.33. The number of rotatable bonds is 4. The summed E-state index contributed by atoms with van der Waals surface area (Å²) in [5.41, 5.74) is -14.4. The maximum absolute atomic E-state index is 13.1. The van der Waals surface area contributed by atoms with E-state index in [0.29, 0.717) is 12.1 Å². The first-order valence-electron chi connectivity index (χ1n) is 6.00. The second-order valence-electron chi connectivity index (χ2n) is 4.82. The van der Waals surface area contributed by atoms with Crippen molar-refractivity contribution in [3.8, 4) is 0 Å². The van der Waals surface area contributed by atoms with Gasteiger partial charge in [0.1, 0.15) is 0 Å². The molecular weight excluding hydrogens is 573 g/mol. The first-order valence-corrected chi connectivity index (χ1v) is 14.4. The fourth-order valence-corrected chi connectivity index (χ4v) is 16.3. The first kappa shape index (κ1) is 23.0. The van der Waals surface area contributed by atoms with Crippen LogP contribution in [0.25, 0.3) is 0 Å². The summed E-state index contributed by atoms with van der Waals surface area (Å²) in [6.07, 6.45) is 0. The zero-order valence-electron chi connectivity index (χ0n) is 12.4. The molecule has 1 aliphatic rings. The van der Waals surface area contributed by atoms with E-state index in [1.807, 2.05) is 0 Å². The molecule has 162 valence electrons. The van der Waals surface area contributed by atoms with Gasteiger partial charge in [-0.1, -0.05) is 0 Å². The van der Waals surface area contributed by atoms with Crippen molar-refractivity contribution in [1.82, 2.24) is 0 Å². The molecule has 2 rings (SSSR count). The summed E-state index contributed by atoms with van der Waals surface area (Å²) in [5.74, 6) is -2.19. The van der Waals surface area contributed by atoms with E-state index in [1.54, 1.807) is 0 Å². The van der Waals surface area contributed by atoms with Crippen molar-refractivity contribution in [3.63, 3.8) is 0 Å². The Hall–Kier alpha value is -1.26. The Bertz CT molecular complexity index is 1040. The molecule has 0 saturated carbocycles. The number of alkyl halides is 6. The zero-order valence-corrected chi connectivity index (χ0v) is 16.2. The van der Waals surface area contributed by atoms with Gasteiger partial charge in [-0.05, 0) is 0 Å². The summed E-state index contributed by atoms with van der Waals surface area (Å²) < 4.78 is 152. The predicted molar refractivity (Wildman–Crippen MR) is 64.9 cm³/mol. The third-order valence-electron chi connectivity index (χ3n) is 2.76. The van der Waals surface area contributed by atoms with Crippen LogP contribution in [0.15, 0.2) is 24.3 Å². The van der Waals surface area contributed by atoms with E-state index < -0.39 is 64.1 Å². The molecule has 10 nitrogen and oxygen atoms in total. The minimum absolute atomic E-state index is 0.119. The van der Waals surface area contributed by atoms with Gasteiger partial charge < -0.3 is 0 Å². The van der Waals surface area contributed by atoms with Crippen molar-refractivity contribution >= 4 is 26.2 Å². The van der Waals surface area contributed by atoms with Crippen molar-refractivity contribution in [2.24, 2.45) is 0 Å². The Morgan fingerprint density at radius 3 is 1.71 bits per heavy atom. The number of fused-ring (bicyclic) bond motifs is 1. The monoisotopic (exact) mass is 578 g/mol. The van der Waals surface area contributed by atoms with Gasteiger partial charge in [0.2, 0.25) is 0 Å². The van der Waals surface area contributed by atoms with E-state index >= 15 is 0 Å². The Kier molecular flexibility index (Phi) is 4.49. The molecule has 1 aromatic carbocycles. The molecule has 0 saturated heterocycles. The second kappa shape index (κ2) is 5.46. The molecule has 0 amide bonds. The SMILES string of the molecule is O=C1O[I+]([O-])(O)(OS(=O)(=O)C(F)(F)F)(OS(=O)(=O)C(F)(F)F)c2ccccc21. The van der Waals surface area contributed by atoms with Gasteiger partial charge in [-0.25, -0.2) is 0 Å². The van der Waals surface area contributed by atoms with Gasteiger partial charge in [-0.3, -0.25) is 0 Å². The predicted octanol–water partition coefficient (Wildman–Crippen LogP) is -3.08. The molecule has 1 aromatic rings. The fraction of sp³-hybridized carbons (Fsp3) is 0.222. The molecule has 0 fully saturated rings. The molecule has 0 bridgehead atoms. The normalized spacial score (nSPS) is 23.5. The van der Waals surface area contributed by atoms with Crippen molar-refractivity contribution in [2.75, 3.05) is 0 Å². The fourth-order valence-electron chi connectivity index (χ4n) is 1.74. The van der Waals surface area contributed by atoms with Crippen LogP contribution in [0.5, 0.6) is 0 Å². The van der Waals surface area contributed by atoms with E-state index in [-0.39, 0.29) is 6.07 Å². The summed E-state index contributed by atoms with van der Waals surface area (Å²) >= 11 is -10.3. The van der Waals surface area contributed by atoms with Crippen LogP contribution in [-0.2, 0) is 28.3 Å². The number of benzene rings is 1. The number of hydrogen-bond donors (Lipinski definition) is 1. The zero-order chi connectivity index (χ0) is 22.1. The van der Waals surface area contributed by atoms with Crippen LogP contribution < -0.4 is 21.2 Å². The quantitative estimate of drug-likeness (QED) is 0.221. The molecule has 0 atom stereocenters. The van der Waals surface area contributed by atoms with Gasteiger partial charge in [0.25, 0.3) is 0 Å². The summed E-state index contributed by atoms with van der Waals surface area (Å²) in [4.78, 5) is 11.7. The van der Waals surface area contributed by atoms with Gasteiger partial charge in [-0.2, -0.15) is 0 Å². The first-order chi connectivity index (χ1) is 12.1. The molecule has 0 aliphatic carbocycles. The summed E-state index contributed by atoms with van der Waals surface area (Å²) in [5, 5.41) is 0. The average molecular weight is 578 g/mol. The summed E-state index contributed by atoms with van der Waals surface area (Å²) in [7, 11) is -14.7. The molecule has 1 N–H and O–H groups in total. The van der Waals surface area contributed by atoms with Gasteiger partial charge >= 0.3 is 151 Å². The van der Waals surface area contributed by atoms with Crippen LogP contribution in [0.2, 0.25) is 0 Å². The number of carbonyl (C=O) groups excluding carboxylic acids is 1. The molecule has 1 heterocycles. The van der Waals surface area contributed by atoms with Crippen molar-refractivity contribution in [2.45, 2.75) is 11.0 Å². The molecular formula is C9H5F6IO10S2. The Morgan fingerprint density at radius 1 is 0.929 bits per heavy atom. The van der Waals surface area contributed by atoms with Gasteiger partial charge in [-0.15, -0.1) is 0 Å². The van der Waals surface area contributed by atoms with Crippen LogP contribution >= 0.6 is 0 Å². The minimum atomic E-state index is -10.3. The van der Waals surface area contributed by atoms with Crippen LogP contribution in [0.1, 0.15) is 10.4 Å². The standard InChI is InChI=1S/C9H5F6IO10S2/c10-8(11,12)27(20,21)25-16(18,19,26-28(22,23)9(13,14)15)6-4-2-1-3-5(6)7(17)24-16/h1-4,18H. The number of halogens is 7. The summed E-state index contributed by atoms with van der Waals surface area (Å²) in [6.45, 7) is 0.